The lowest BCUT2D eigenvalue weighted by Gasteiger charge is -2.18. The maximum Gasteiger partial charge on any atom is 0.161 e. The highest BCUT2D eigenvalue weighted by Crippen LogP contribution is 2.33. The summed E-state index contributed by atoms with van der Waals surface area (Å²) in [4.78, 5) is 0. The van der Waals surface area contributed by atoms with Crippen LogP contribution in [0.1, 0.15) is 23.6 Å². The zero-order valence-corrected chi connectivity index (χ0v) is 13.7. The molecule has 0 bridgehead atoms. The van der Waals surface area contributed by atoms with Crippen molar-refractivity contribution in [2.45, 2.75) is 12.5 Å². The fourth-order valence-electron chi connectivity index (χ4n) is 2.40. The largest absolute Gasteiger partial charge is 0.490 e. The van der Waals surface area contributed by atoms with Crippen LogP contribution in [0.2, 0.25) is 0 Å². The van der Waals surface area contributed by atoms with E-state index in [-0.39, 0.29) is 6.04 Å². The number of hydrogen-bond acceptors (Lipinski definition) is 4. The number of hydrazine groups is 1. The molecule has 2 aromatic carbocycles. The number of rotatable bonds is 3. The second-order valence-electron chi connectivity index (χ2n) is 4.91. The van der Waals surface area contributed by atoms with E-state index in [1.165, 1.54) is 3.57 Å². The topological polar surface area (TPSA) is 56.5 Å². The number of fused-ring (bicyclic) bond motifs is 1. The van der Waals surface area contributed by atoms with Crippen LogP contribution in [-0.2, 0) is 0 Å². The van der Waals surface area contributed by atoms with E-state index in [9.17, 15) is 0 Å². The molecule has 1 atom stereocenters. The Morgan fingerprint density at radius 2 is 1.62 bits per heavy atom. The molecule has 1 aliphatic rings. The molecule has 0 saturated heterocycles. The lowest BCUT2D eigenvalue weighted by Crippen LogP contribution is -2.28. The van der Waals surface area contributed by atoms with Gasteiger partial charge in [-0.05, 0) is 58.0 Å². The van der Waals surface area contributed by atoms with Gasteiger partial charge < -0.3 is 9.47 Å². The molecule has 0 spiro atoms. The van der Waals surface area contributed by atoms with Crippen LogP contribution in [0.25, 0.3) is 0 Å². The van der Waals surface area contributed by atoms with Crippen LogP contribution < -0.4 is 20.7 Å². The lowest BCUT2D eigenvalue weighted by molar-refractivity contribution is 0.297. The van der Waals surface area contributed by atoms with Crippen molar-refractivity contribution >= 4 is 22.6 Å². The Kier molecular flexibility index (Phi) is 4.62. The number of halogens is 1. The normalized spacial score (nSPS) is 15.3. The van der Waals surface area contributed by atoms with Gasteiger partial charge >= 0.3 is 0 Å². The van der Waals surface area contributed by atoms with Gasteiger partial charge in [-0.15, -0.1) is 0 Å². The smallest absolute Gasteiger partial charge is 0.161 e. The van der Waals surface area contributed by atoms with Crippen LogP contribution in [0.3, 0.4) is 0 Å². The maximum absolute atomic E-state index is 5.76. The summed E-state index contributed by atoms with van der Waals surface area (Å²) in [6.45, 7) is 1.38. The van der Waals surface area contributed by atoms with E-state index in [1.54, 1.807) is 0 Å². The van der Waals surface area contributed by atoms with Gasteiger partial charge in [0.05, 0.1) is 19.3 Å². The van der Waals surface area contributed by atoms with Crippen LogP contribution in [0.4, 0.5) is 0 Å². The first kappa shape index (κ1) is 14.6. The Hall–Kier alpha value is -1.31. The minimum Gasteiger partial charge on any atom is -0.490 e. The van der Waals surface area contributed by atoms with Crippen LogP contribution in [-0.4, -0.2) is 13.2 Å². The highest BCUT2D eigenvalue weighted by molar-refractivity contribution is 14.1. The van der Waals surface area contributed by atoms with E-state index in [0.717, 1.165) is 29.0 Å². The molecule has 0 saturated carbocycles. The van der Waals surface area contributed by atoms with Crippen LogP contribution in [0.15, 0.2) is 42.5 Å². The van der Waals surface area contributed by atoms with Gasteiger partial charge in [0.15, 0.2) is 11.5 Å². The highest BCUT2D eigenvalue weighted by Gasteiger charge is 2.17. The quantitative estimate of drug-likeness (QED) is 0.476. The third-order valence-electron chi connectivity index (χ3n) is 3.47. The Labute approximate surface area is 137 Å². The number of hydrogen-bond donors (Lipinski definition) is 2. The molecule has 0 amide bonds. The van der Waals surface area contributed by atoms with Crippen molar-refractivity contribution in [3.8, 4) is 11.5 Å². The molecule has 110 valence electrons. The van der Waals surface area contributed by atoms with Crippen LogP contribution >= 0.6 is 22.6 Å². The molecule has 21 heavy (non-hydrogen) atoms. The van der Waals surface area contributed by atoms with Gasteiger partial charge in [0.25, 0.3) is 0 Å². The summed E-state index contributed by atoms with van der Waals surface area (Å²) in [6, 6.07) is 14.2. The lowest BCUT2D eigenvalue weighted by atomic mass is 9.99. The summed E-state index contributed by atoms with van der Waals surface area (Å²) in [7, 11) is 0. The van der Waals surface area contributed by atoms with E-state index in [0.29, 0.717) is 13.2 Å². The summed E-state index contributed by atoms with van der Waals surface area (Å²) < 4.78 is 12.6. The van der Waals surface area contributed by atoms with E-state index < -0.39 is 0 Å². The second-order valence-corrected chi connectivity index (χ2v) is 6.15. The molecule has 0 aromatic heterocycles. The number of ether oxygens (including phenoxy) is 2. The standard InChI is InChI=1S/C16H17IN2O2/c17-13-5-2-11(3-6-13)16(19-18)12-4-7-14-15(10-12)21-9-1-8-20-14/h2-7,10,16,19H,1,8-9,18H2. The first-order valence-electron chi connectivity index (χ1n) is 6.89. The summed E-state index contributed by atoms with van der Waals surface area (Å²) in [5.74, 6) is 7.35. The fraction of sp³-hybridized carbons (Fsp3) is 0.250. The Bertz CT molecular complexity index is 616. The van der Waals surface area contributed by atoms with Gasteiger partial charge in [-0.1, -0.05) is 18.2 Å². The van der Waals surface area contributed by atoms with E-state index in [4.69, 9.17) is 15.3 Å². The fourth-order valence-corrected chi connectivity index (χ4v) is 2.76. The highest BCUT2D eigenvalue weighted by atomic mass is 127. The van der Waals surface area contributed by atoms with Crippen molar-refractivity contribution in [3.05, 3.63) is 57.2 Å². The SMILES string of the molecule is NNC(c1ccc(I)cc1)c1ccc2c(c1)OCCCO2. The number of benzene rings is 2. The molecule has 0 radical (unpaired) electrons. The van der Waals surface area contributed by atoms with E-state index in [1.807, 2.05) is 18.2 Å². The first-order chi connectivity index (χ1) is 10.3. The molecule has 4 nitrogen and oxygen atoms in total. The zero-order valence-electron chi connectivity index (χ0n) is 11.5. The maximum atomic E-state index is 5.76. The van der Waals surface area contributed by atoms with E-state index >= 15 is 0 Å². The molecule has 3 N–H and O–H groups in total. The Morgan fingerprint density at radius 1 is 0.952 bits per heavy atom. The van der Waals surface area contributed by atoms with E-state index in [2.05, 4.69) is 52.3 Å². The van der Waals surface area contributed by atoms with Crippen molar-refractivity contribution in [2.75, 3.05) is 13.2 Å². The molecule has 3 rings (SSSR count). The second kappa shape index (κ2) is 6.64. The van der Waals surface area contributed by atoms with Crippen LogP contribution in [0.5, 0.6) is 11.5 Å². The minimum absolute atomic E-state index is 0.0702. The Balaban J connectivity index is 1.93. The van der Waals surface area contributed by atoms with Crippen molar-refractivity contribution in [1.29, 1.82) is 0 Å². The average molecular weight is 396 g/mol. The number of nitrogens with two attached hydrogens (primary N) is 1. The minimum atomic E-state index is -0.0702. The molecule has 1 heterocycles. The summed E-state index contributed by atoms with van der Waals surface area (Å²) in [6.07, 6.45) is 0.902. The third-order valence-corrected chi connectivity index (χ3v) is 4.19. The average Bonchev–Trinajstić information content (AvgIpc) is 2.75. The molecule has 1 aliphatic heterocycles. The van der Waals surface area contributed by atoms with Gasteiger partial charge in [0, 0.05) is 9.99 Å². The molecule has 0 fully saturated rings. The molecular weight excluding hydrogens is 379 g/mol. The summed E-state index contributed by atoms with van der Waals surface area (Å²) in [5.41, 5.74) is 5.05. The van der Waals surface area contributed by atoms with Crippen molar-refractivity contribution in [1.82, 2.24) is 5.43 Å². The molecule has 5 heteroatoms. The monoisotopic (exact) mass is 396 g/mol. The van der Waals surface area contributed by atoms with Gasteiger partial charge in [-0.3, -0.25) is 5.84 Å². The zero-order chi connectivity index (χ0) is 14.7. The van der Waals surface area contributed by atoms with Gasteiger partial charge in [-0.25, -0.2) is 5.43 Å². The number of nitrogens with one attached hydrogen (secondary N) is 1. The predicted octanol–water partition coefficient (Wildman–Crippen LogP) is 3.01. The van der Waals surface area contributed by atoms with Crippen molar-refractivity contribution < 1.29 is 9.47 Å². The molecular formula is C16H17IN2O2. The van der Waals surface area contributed by atoms with Crippen molar-refractivity contribution in [3.63, 3.8) is 0 Å². The van der Waals surface area contributed by atoms with Gasteiger partial charge in [0.1, 0.15) is 0 Å². The Morgan fingerprint density at radius 3 is 2.33 bits per heavy atom. The summed E-state index contributed by atoms with van der Waals surface area (Å²) in [5, 5.41) is 0. The third kappa shape index (κ3) is 3.30. The first-order valence-corrected chi connectivity index (χ1v) is 7.97. The summed E-state index contributed by atoms with van der Waals surface area (Å²) >= 11 is 2.29. The van der Waals surface area contributed by atoms with Crippen molar-refractivity contribution in [2.24, 2.45) is 5.84 Å². The predicted molar refractivity (Wildman–Crippen MR) is 90.4 cm³/mol. The molecule has 2 aromatic rings. The van der Waals surface area contributed by atoms with Crippen LogP contribution in [0, 0.1) is 3.57 Å². The molecule has 0 aliphatic carbocycles. The van der Waals surface area contributed by atoms with Gasteiger partial charge in [0.2, 0.25) is 0 Å². The van der Waals surface area contributed by atoms with Gasteiger partial charge in [-0.2, -0.15) is 0 Å². The molecule has 1 unspecified atom stereocenters.